The molecular weight excluding hydrogens is 565 g/mol. The van der Waals surface area contributed by atoms with Gasteiger partial charge in [0.15, 0.2) is 14.6 Å². The number of amides is 2. The van der Waals surface area contributed by atoms with Crippen molar-refractivity contribution in [2.75, 3.05) is 22.1 Å². The minimum atomic E-state index is -0.180. The summed E-state index contributed by atoms with van der Waals surface area (Å²) in [7, 11) is 0. The van der Waals surface area contributed by atoms with Crippen molar-refractivity contribution in [3.8, 4) is 22.5 Å². The van der Waals surface area contributed by atoms with E-state index in [1.807, 2.05) is 71.4 Å². The predicted octanol–water partition coefficient (Wildman–Crippen LogP) is 6.25. The van der Waals surface area contributed by atoms with Crippen LogP contribution in [0.2, 0.25) is 0 Å². The van der Waals surface area contributed by atoms with Crippen LogP contribution in [0.4, 0.5) is 10.3 Å². The van der Waals surface area contributed by atoms with Crippen molar-refractivity contribution < 1.29 is 9.59 Å². The van der Waals surface area contributed by atoms with Gasteiger partial charge in [-0.3, -0.25) is 9.59 Å². The molecule has 2 amide bonds. The lowest BCUT2D eigenvalue weighted by atomic mass is 10.2. The van der Waals surface area contributed by atoms with Gasteiger partial charge in [-0.2, -0.15) is 4.37 Å². The largest absolute Gasteiger partial charge is 0.301 e. The van der Waals surface area contributed by atoms with Gasteiger partial charge in [0.05, 0.1) is 22.9 Å². The van der Waals surface area contributed by atoms with Crippen molar-refractivity contribution in [2.24, 2.45) is 0 Å². The number of carbonyl (C=O) groups is 2. The molecule has 37 heavy (non-hydrogen) atoms. The summed E-state index contributed by atoms with van der Waals surface area (Å²) in [6, 6.07) is 19.6. The van der Waals surface area contributed by atoms with Crippen LogP contribution >= 0.6 is 57.7 Å². The third-order valence-electron chi connectivity index (χ3n) is 4.69. The van der Waals surface area contributed by atoms with Gasteiger partial charge in [0.1, 0.15) is 0 Å². The van der Waals surface area contributed by atoms with Gasteiger partial charge in [-0.1, -0.05) is 84.2 Å². The Morgan fingerprint density at radius 1 is 0.703 bits per heavy atom. The van der Waals surface area contributed by atoms with Crippen LogP contribution in [0.5, 0.6) is 0 Å². The van der Waals surface area contributed by atoms with Gasteiger partial charge in [-0.15, -0.1) is 22.7 Å². The molecule has 0 bridgehead atoms. The van der Waals surface area contributed by atoms with Gasteiger partial charge in [0, 0.05) is 21.9 Å². The zero-order valence-corrected chi connectivity index (χ0v) is 23.1. The Morgan fingerprint density at radius 2 is 1.22 bits per heavy atom. The zero-order valence-electron chi connectivity index (χ0n) is 19.0. The first-order valence-corrected chi connectivity index (χ1v) is 15.3. The monoisotopic (exact) mass is 582 g/mol. The lowest BCUT2D eigenvalue weighted by molar-refractivity contribution is -0.114. The Labute approximate surface area is 233 Å². The highest BCUT2D eigenvalue weighted by Crippen LogP contribution is 2.28. The molecule has 0 saturated carbocycles. The quantitative estimate of drug-likeness (QED) is 0.186. The normalized spacial score (nSPS) is 10.8. The number of nitrogens with one attached hydrogen (secondary N) is 2. The van der Waals surface area contributed by atoms with E-state index in [1.165, 1.54) is 57.7 Å². The maximum absolute atomic E-state index is 12.3. The minimum Gasteiger partial charge on any atom is -0.301 e. The molecule has 0 radical (unpaired) electrons. The summed E-state index contributed by atoms with van der Waals surface area (Å²) in [5.41, 5.74) is 3.66. The van der Waals surface area contributed by atoms with E-state index in [0.29, 0.717) is 19.8 Å². The van der Waals surface area contributed by atoms with E-state index in [9.17, 15) is 9.59 Å². The van der Waals surface area contributed by atoms with Crippen LogP contribution in [0.15, 0.2) is 80.9 Å². The molecule has 0 unspecified atom stereocenters. The summed E-state index contributed by atoms with van der Waals surface area (Å²) >= 11 is 6.51. The maximum atomic E-state index is 12.3. The number of nitrogens with zero attached hydrogens (tertiary/aromatic N) is 4. The highest BCUT2D eigenvalue weighted by Gasteiger charge is 2.13. The Hall–Kier alpha value is -3.10. The summed E-state index contributed by atoms with van der Waals surface area (Å²) in [5, 5.41) is 11.1. The molecule has 0 saturated heterocycles. The lowest BCUT2D eigenvalue weighted by Gasteiger charge is -2.00. The van der Waals surface area contributed by atoms with Crippen molar-refractivity contribution >= 4 is 79.8 Å². The summed E-state index contributed by atoms with van der Waals surface area (Å²) in [5.74, 6) is 0.00477. The van der Waals surface area contributed by atoms with Crippen LogP contribution in [0.3, 0.4) is 0 Å². The Morgan fingerprint density at radius 3 is 1.76 bits per heavy atom. The first-order chi connectivity index (χ1) is 18.1. The van der Waals surface area contributed by atoms with Crippen LogP contribution in [0, 0.1) is 0 Å². The second kappa shape index (κ2) is 12.4. The highest BCUT2D eigenvalue weighted by molar-refractivity contribution is 8.02. The molecule has 8 nitrogen and oxygen atoms in total. The molecule has 186 valence electrons. The van der Waals surface area contributed by atoms with Crippen LogP contribution < -0.4 is 10.6 Å². The topological polar surface area (TPSA) is 110 Å². The zero-order chi connectivity index (χ0) is 25.5. The number of thioether (sulfide) groups is 2. The second-order valence-electron chi connectivity index (χ2n) is 7.32. The Bertz CT molecular complexity index is 1380. The fourth-order valence-electron chi connectivity index (χ4n) is 3.03. The van der Waals surface area contributed by atoms with Crippen LogP contribution in [-0.2, 0) is 9.59 Å². The van der Waals surface area contributed by atoms with Crippen LogP contribution in [-0.4, -0.2) is 42.6 Å². The van der Waals surface area contributed by atoms with E-state index in [4.69, 9.17) is 0 Å². The molecule has 2 N–H and O–H groups in total. The number of thiazole rings is 2. The van der Waals surface area contributed by atoms with Gasteiger partial charge in [0.2, 0.25) is 17.0 Å². The minimum absolute atomic E-state index is 0.162. The van der Waals surface area contributed by atoms with Gasteiger partial charge < -0.3 is 10.6 Å². The second-order valence-corrected chi connectivity index (χ2v) is 12.0. The molecule has 2 aromatic carbocycles. The molecule has 13 heteroatoms. The molecule has 0 aliphatic carbocycles. The standard InChI is InChI=1S/C24H18N6O2S5/c31-19(27-21-25-17(11-33-21)15-7-3-1-4-8-15)13-35-23-29-24(37-30-23)36-14-20(32)28-22-26-18(12-34-22)16-9-5-2-6-10-16/h1-12H,13-14H2,(H,25,27,31)(H,26,28,32). The maximum Gasteiger partial charge on any atom is 0.236 e. The van der Waals surface area contributed by atoms with E-state index in [0.717, 1.165) is 22.5 Å². The molecule has 5 aromatic rings. The number of aromatic nitrogens is 4. The molecule has 0 aliphatic heterocycles. The Kier molecular flexibility index (Phi) is 8.58. The number of hydrogen-bond donors (Lipinski definition) is 2. The molecule has 0 atom stereocenters. The molecule has 5 rings (SSSR count). The van der Waals surface area contributed by atoms with Crippen molar-refractivity contribution in [1.82, 2.24) is 19.3 Å². The van der Waals surface area contributed by atoms with E-state index in [2.05, 4.69) is 30.0 Å². The number of carbonyl (C=O) groups excluding carboxylic acids is 2. The first-order valence-electron chi connectivity index (χ1n) is 10.8. The van der Waals surface area contributed by atoms with Crippen LogP contribution in [0.25, 0.3) is 22.5 Å². The molecular formula is C24H18N6O2S5. The van der Waals surface area contributed by atoms with Gasteiger partial charge in [-0.25, -0.2) is 15.0 Å². The van der Waals surface area contributed by atoms with E-state index >= 15 is 0 Å². The van der Waals surface area contributed by atoms with Crippen LogP contribution in [0.1, 0.15) is 0 Å². The first kappa shape index (κ1) is 25.5. The number of rotatable bonds is 10. The van der Waals surface area contributed by atoms with Crippen molar-refractivity contribution in [1.29, 1.82) is 0 Å². The molecule has 0 spiro atoms. The third kappa shape index (κ3) is 7.23. The fourth-order valence-corrected chi connectivity index (χ4v) is 6.73. The van der Waals surface area contributed by atoms with Gasteiger partial charge >= 0.3 is 0 Å². The van der Waals surface area contributed by atoms with Crippen molar-refractivity contribution in [2.45, 2.75) is 9.50 Å². The number of hydrogen-bond acceptors (Lipinski definition) is 11. The summed E-state index contributed by atoms with van der Waals surface area (Å²) in [6.45, 7) is 0. The number of anilines is 2. The van der Waals surface area contributed by atoms with E-state index in [-0.39, 0.29) is 23.3 Å². The van der Waals surface area contributed by atoms with E-state index in [1.54, 1.807) is 0 Å². The number of benzene rings is 2. The fraction of sp³-hybridized carbons (Fsp3) is 0.0833. The predicted molar refractivity (Wildman–Crippen MR) is 154 cm³/mol. The molecule has 0 aliphatic rings. The molecule has 3 aromatic heterocycles. The average Bonchev–Trinajstić information content (AvgIpc) is 3.69. The lowest BCUT2D eigenvalue weighted by Crippen LogP contribution is -2.14. The SMILES string of the molecule is O=C(CSc1nsc(SCC(=O)Nc2nc(-c3ccccc3)cs2)n1)Nc1nc(-c2ccccc2)cs1. The highest BCUT2D eigenvalue weighted by atomic mass is 32.2. The summed E-state index contributed by atoms with van der Waals surface area (Å²) in [4.78, 5) is 38.0. The average molecular weight is 583 g/mol. The summed E-state index contributed by atoms with van der Waals surface area (Å²) in [6.07, 6.45) is 0. The van der Waals surface area contributed by atoms with Crippen molar-refractivity contribution in [3.05, 3.63) is 71.4 Å². The smallest absolute Gasteiger partial charge is 0.236 e. The molecule has 0 fully saturated rings. The van der Waals surface area contributed by atoms with Gasteiger partial charge in [-0.05, 0) is 11.5 Å². The Balaban J connectivity index is 1.05. The third-order valence-corrected chi connectivity index (χ3v) is 9.00. The summed E-state index contributed by atoms with van der Waals surface area (Å²) < 4.78 is 4.94. The molecule has 3 heterocycles. The van der Waals surface area contributed by atoms with Crippen molar-refractivity contribution in [3.63, 3.8) is 0 Å². The van der Waals surface area contributed by atoms with E-state index < -0.39 is 0 Å². The van der Waals surface area contributed by atoms with Gasteiger partial charge in [0.25, 0.3) is 0 Å².